The fourth-order valence-electron chi connectivity index (χ4n) is 2.02. The highest BCUT2D eigenvalue weighted by molar-refractivity contribution is 6.30. The lowest BCUT2D eigenvalue weighted by molar-refractivity contribution is -0.145. The highest BCUT2D eigenvalue weighted by atomic mass is 35.5. The topological polar surface area (TPSA) is 72.5 Å². The summed E-state index contributed by atoms with van der Waals surface area (Å²) < 4.78 is 4.87. The Hall–Kier alpha value is -1.88. The van der Waals surface area contributed by atoms with E-state index in [0.29, 0.717) is 10.6 Å². The van der Waals surface area contributed by atoms with Gasteiger partial charge in [0.05, 0.1) is 19.1 Å². The number of ketones is 1. The standard InChI is InChI=1S/C17H22ClNO4/c1-4-23-16(21)10-14(15(20)9-11(2)3)19-17(22)12-5-7-13(18)8-6-12/h5-8,11,14H,4,9-10H2,1-3H3,(H,19,22). The molecule has 0 aliphatic heterocycles. The molecule has 0 aliphatic rings. The van der Waals surface area contributed by atoms with Crippen molar-refractivity contribution in [1.29, 1.82) is 0 Å². The van der Waals surface area contributed by atoms with Crippen LogP contribution in [0.4, 0.5) is 0 Å². The Balaban J connectivity index is 2.81. The molecule has 1 amide bonds. The molecule has 1 unspecified atom stereocenters. The molecule has 1 aromatic carbocycles. The Bertz CT molecular complexity index is 554. The number of hydrogen-bond donors (Lipinski definition) is 1. The number of rotatable bonds is 8. The van der Waals surface area contributed by atoms with E-state index < -0.39 is 17.9 Å². The van der Waals surface area contributed by atoms with Crippen molar-refractivity contribution in [2.24, 2.45) is 5.92 Å². The molecule has 1 rings (SSSR count). The highest BCUT2D eigenvalue weighted by Crippen LogP contribution is 2.11. The lowest BCUT2D eigenvalue weighted by Gasteiger charge is -2.18. The van der Waals surface area contributed by atoms with Crippen LogP contribution in [0.1, 0.15) is 44.0 Å². The van der Waals surface area contributed by atoms with Gasteiger partial charge in [0.2, 0.25) is 0 Å². The molecule has 0 saturated carbocycles. The van der Waals surface area contributed by atoms with Crippen LogP contribution in [-0.4, -0.2) is 30.3 Å². The van der Waals surface area contributed by atoms with Gasteiger partial charge in [0, 0.05) is 17.0 Å². The zero-order chi connectivity index (χ0) is 17.4. The zero-order valence-corrected chi connectivity index (χ0v) is 14.4. The van der Waals surface area contributed by atoms with Crippen molar-refractivity contribution in [3.8, 4) is 0 Å². The quantitative estimate of drug-likeness (QED) is 0.739. The molecule has 0 radical (unpaired) electrons. The summed E-state index contributed by atoms with van der Waals surface area (Å²) in [6.07, 6.45) is 0.115. The first-order chi connectivity index (χ1) is 10.8. The van der Waals surface area contributed by atoms with Crippen LogP contribution in [0.25, 0.3) is 0 Å². The van der Waals surface area contributed by atoms with Gasteiger partial charge in [0.15, 0.2) is 5.78 Å². The summed E-state index contributed by atoms with van der Waals surface area (Å²) >= 11 is 5.79. The van der Waals surface area contributed by atoms with Crippen LogP contribution >= 0.6 is 11.6 Å². The lowest BCUT2D eigenvalue weighted by Crippen LogP contribution is -2.43. The number of esters is 1. The Labute approximate surface area is 141 Å². The van der Waals surface area contributed by atoms with Crippen LogP contribution in [0.15, 0.2) is 24.3 Å². The van der Waals surface area contributed by atoms with Gasteiger partial charge >= 0.3 is 5.97 Å². The predicted octanol–water partition coefficient (Wildman–Crippen LogP) is 3.01. The molecule has 0 bridgehead atoms. The average Bonchev–Trinajstić information content (AvgIpc) is 2.46. The maximum Gasteiger partial charge on any atom is 0.308 e. The second kappa shape index (κ2) is 9.30. The Morgan fingerprint density at radius 2 is 1.74 bits per heavy atom. The third-order valence-electron chi connectivity index (χ3n) is 3.09. The van der Waals surface area contributed by atoms with E-state index in [2.05, 4.69) is 5.32 Å². The number of carbonyl (C=O) groups is 3. The summed E-state index contributed by atoms with van der Waals surface area (Å²) in [4.78, 5) is 36.2. The number of carbonyl (C=O) groups excluding carboxylic acids is 3. The summed E-state index contributed by atoms with van der Waals surface area (Å²) in [5.41, 5.74) is 0.376. The smallest absolute Gasteiger partial charge is 0.308 e. The van der Waals surface area contributed by atoms with Gasteiger partial charge in [0.1, 0.15) is 0 Å². The van der Waals surface area contributed by atoms with Crippen molar-refractivity contribution in [2.75, 3.05) is 6.61 Å². The number of nitrogens with one attached hydrogen (secondary N) is 1. The monoisotopic (exact) mass is 339 g/mol. The Morgan fingerprint density at radius 3 is 2.26 bits per heavy atom. The van der Waals surface area contributed by atoms with Crippen molar-refractivity contribution < 1.29 is 19.1 Å². The zero-order valence-electron chi connectivity index (χ0n) is 13.6. The third kappa shape index (κ3) is 6.82. The Kier molecular flexibility index (Phi) is 7.75. The third-order valence-corrected chi connectivity index (χ3v) is 3.34. The van der Waals surface area contributed by atoms with E-state index in [1.165, 1.54) is 0 Å². The first kappa shape index (κ1) is 19.2. The van der Waals surface area contributed by atoms with Crippen LogP contribution in [0, 0.1) is 5.92 Å². The predicted molar refractivity (Wildman–Crippen MR) is 88.4 cm³/mol. The van der Waals surface area contributed by atoms with Gasteiger partial charge in [-0.2, -0.15) is 0 Å². The minimum absolute atomic E-state index is 0.139. The minimum atomic E-state index is -0.889. The maximum atomic E-state index is 12.3. The van der Waals surface area contributed by atoms with E-state index in [1.807, 2.05) is 13.8 Å². The molecule has 1 atom stereocenters. The van der Waals surface area contributed by atoms with Crippen molar-refractivity contribution in [1.82, 2.24) is 5.32 Å². The van der Waals surface area contributed by atoms with Gasteiger partial charge in [-0.15, -0.1) is 0 Å². The fraction of sp³-hybridized carbons (Fsp3) is 0.471. The molecule has 1 aromatic rings. The molecule has 6 heteroatoms. The van der Waals surface area contributed by atoms with Gasteiger partial charge in [-0.05, 0) is 37.1 Å². The normalized spacial score (nSPS) is 11.9. The Morgan fingerprint density at radius 1 is 1.13 bits per heavy atom. The highest BCUT2D eigenvalue weighted by Gasteiger charge is 2.25. The van der Waals surface area contributed by atoms with E-state index in [4.69, 9.17) is 16.3 Å². The molecular formula is C17H22ClNO4. The summed E-state index contributed by atoms with van der Waals surface area (Å²) in [6.45, 7) is 5.73. The number of ether oxygens (including phenoxy) is 1. The van der Waals surface area contributed by atoms with E-state index in [9.17, 15) is 14.4 Å². The SMILES string of the molecule is CCOC(=O)CC(NC(=O)c1ccc(Cl)cc1)C(=O)CC(C)C. The van der Waals surface area contributed by atoms with Crippen LogP contribution < -0.4 is 5.32 Å². The number of Topliss-reactive ketones (excluding diaryl/α,β-unsaturated/α-hetero) is 1. The molecule has 126 valence electrons. The molecule has 0 saturated heterocycles. The van der Waals surface area contributed by atoms with Crippen molar-refractivity contribution in [3.63, 3.8) is 0 Å². The number of amides is 1. The van der Waals surface area contributed by atoms with Crippen LogP contribution in [0.3, 0.4) is 0 Å². The summed E-state index contributed by atoms with van der Waals surface area (Å²) in [6, 6.07) is 5.41. The molecular weight excluding hydrogens is 318 g/mol. The van der Waals surface area contributed by atoms with Crippen molar-refractivity contribution in [3.05, 3.63) is 34.9 Å². The molecule has 0 spiro atoms. The summed E-state index contributed by atoms with van der Waals surface area (Å²) in [5.74, 6) is -0.978. The molecule has 5 nitrogen and oxygen atoms in total. The van der Waals surface area contributed by atoms with Gasteiger partial charge in [-0.1, -0.05) is 25.4 Å². The molecule has 1 N–H and O–H groups in total. The molecule has 0 heterocycles. The van der Waals surface area contributed by atoms with Gasteiger partial charge < -0.3 is 10.1 Å². The first-order valence-corrected chi connectivity index (χ1v) is 7.96. The van der Waals surface area contributed by atoms with E-state index in [1.54, 1.807) is 31.2 Å². The van der Waals surface area contributed by atoms with Crippen LogP contribution in [-0.2, 0) is 14.3 Å². The second-order valence-corrected chi connectivity index (χ2v) is 6.04. The molecule has 0 fully saturated rings. The molecule has 0 aromatic heterocycles. The largest absolute Gasteiger partial charge is 0.466 e. The number of halogens is 1. The number of benzene rings is 1. The van der Waals surface area contributed by atoms with Gasteiger partial charge in [-0.25, -0.2) is 0 Å². The fourth-order valence-corrected chi connectivity index (χ4v) is 2.15. The van der Waals surface area contributed by atoms with Gasteiger partial charge in [-0.3, -0.25) is 14.4 Å². The second-order valence-electron chi connectivity index (χ2n) is 5.61. The average molecular weight is 340 g/mol. The summed E-state index contributed by atoms with van der Waals surface area (Å²) in [5, 5.41) is 3.13. The van der Waals surface area contributed by atoms with E-state index in [-0.39, 0.29) is 31.1 Å². The van der Waals surface area contributed by atoms with Gasteiger partial charge in [0.25, 0.3) is 5.91 Å². The summed E-state index contributed by atoms with van der Waals surface area (Å²) in [7, 11) is 0. The van der Waals surface area contributed by atoms with E-state index in [0.717, 1.165) is 0 Å². The number of hydrogen-bond acceptors (Lipinski definition) is 4. The lowest BCUT2D eigenvalue weighted by atomic mass is 9.99. The van der Waals surface area contributed by atoms with Crippen molar-refractivity contribution in [2.45, 2.75) is 39.7 Å². The molecule has 23 heavy (non-hydrogen) atoms. The maximum absolute atomic E-state index is 12.3. The van der Waals surface area contributed by atoms with E-state index >= 15 is 0 Å². The van der Waals surface area contributed by atoms with Crippen LogP contribution in [0.5, 0.6) is 0 Å². The minimum Gasteiger partial charge on any atom is -0.466 e. The first-order valence-electron chi connectivity index (χ1n) is 7.58. The molecule has 0 aliphatic carbocycles. The van der Waals surface area contributed by atoms with Crippen LogP contribution in [0.2, 0.25) is 5.02 Å². The van der Waals surface area contributed by atoms with Crippen molar-refractivity contribution >= 4 is 29.3 Å².